The number of aliphatic hydroxyl groups is 1. The minimum atomic E-state index is 0.168. The molecule has 0 saturated heterocycles. The Bertz CT molecular complexity index is 256. The van der Waals surface area contributed by atoms with Gasteiger partial charge in [0.25, 0.3) is 0 Å². The van der Waals surface area contributed by atoms with Crippen molar-refractivity contribution in [1.82, 2.24) is 0 Å². The Balaban J connectivity index is 3.02. The molecule has 0 aromatic heterocycles. The average Bonchev–Trinajstić information content (AvgIpc) is 2.09. The van der Waals surface area contributed by atoms with E-state index in [1.165, 1.54) is 5.56 Å². The lowest BCUT2D eigenvalue weighted by molar-refractivity contribution is 0.296. The predicted octanol–water partition coefficient (Wildman–Crippen LogP) is 1.54. The van der Waals surface area contributed by atoms with E-state index in [4.69, 9.17) is 9.84 Å². The monoisotopic (exact) mass is 166 g/mol. The number of benzene rings is 1. The van der Waals surface area contributed by atoms with Gasteiger partial charge in [-0.1, -0.05) is 12.1 Å². The molecule has 0 aliphatic rings. The maximum atomic E-state index is 8.81. The molecule has 0 saturated carbocycles. The third-order valence-corrected chi connectivity index (χ3v) is 1.95. The summed E-state index contributed by atoms with van der Waals surface area (Å²) >= 11 is 0. The highest BCUT2D eigenvalue weighted by Gasteiger charge is 2.03. The Labute approximate surface area is 72.8 Å². The Kier molecular flexibility index (Phi) is 3.11. The largest absolute Gasteiger partial charge is 0.496 e. The molecule has 2 heteroatoms. The van der Waals surface area contributed by atoms with E-state index in [1.54, 1.807) is 7.11 Å². The summed E-state index contributed by atoms with van der Waals surface area (Å²) in [6.45, 7) is 2.19. The number of hydrogen-bond donors (Lipinski definition) is 1. The smallest absolute Gasteiger partial charge is 0.122 e. The third kappa shape index (κ3) is 1.77. The minimum absolute atomic E-state index is 0.168. The number of methoxy groups -OCH3 is 1. The van der Waals surface area contributed by atoms with Crippen LogP contribution in [0, 0.1) is 6.92 Å². The summed E-state index contributed by atoms with van der Waals surface area (Å²) in [5.74, 6) is 0.865. The SMILES string of the molecule is COc1cccc(C)c1CCO. The van der Waals surface area contributed by atoms with E-state index < -0.39 is 0 Å². The van der Waals surface area contributed by atoms with Crippen molar-refractivity contribution < 1.29 is 9.84 Å². The van der Waals surface area contributed by atoms with E-state index >= 15 is 0 Å². The highest BCUT2D eigenvalue weighted by atomic mass is 16.5. The Morgan fingerprint density at radius 1 is 1.42 bits per heavy atom. The molecule has 0 bridgehead atoms. The molecule has 66 valence electrons. The minimum Gasteiger partial charge on any atom is -0.496 e. The summed E-state index contributed by atoms with van der Waals surface area (Å²) in [6, 6.07) is 5.89. The lowest BCUT2D eigenvalue weighted by Gasteiger charge is -2.09. The van der Waals surface area contributed by atoms with Crippen molar-refractivity contribution >= 4 is 0 Å². The van der Waals surface area contributed by atoms with Gasteiger partial charge in [-0.05, 0) is 30.5 Å². The van der Waals surface area contributed by atoms with Crippen LogP contribution in [-0.2, 0) is 6.42 Å². The molecule has 0 spiro atoms. The van der Waals surface area contributed by atoms with E-state index in [0.717, 1.165) is 11.3 Å². The van der Waals surface area contributed by atoms with Crippen molar-refractivity contribution in [2.24, 2.45) is 0 Å². The maximum Gasteiger partial charge on any atom is 0.122 e. The van der Waals surface area contributed by atoms with Gasteiger partial charge in [-0.25, -0.2) is 0 Å². The van der Waals surface area contributed by atoms with Crippen molar-refractivity contribution in [3.63, 3.8) is 0 Å². The van der Waals surface area contributed by atoms with Gasteiger partial charge < -0.3 is 9.84 Å². The van der Waals surface area contributed by atoms with Crippen molar-refractivity contribution in [2.45, 2.75) is 13.3 Å². The highest BCUT2D eigenvalue weighted by Crippen LogP contribution is 2.21. The van der Waals surface area contributed by atoms with Crippen LogP contribution in [0.5, 0.6) is 5.75 Å². The van der Waals surface area contributed by atoms with Crippen molar-refractivity contribution in [3.05, 3.63) is 29.3 Å². The molecule has 0 aliphatic carbocycles. The van der Waals surface area contributed by atoms with E-state index in [0.29, 0.717) is 6.42 Å². The molecule has 1 aromatic rings. The zero-order valence-electron chi connectivity index (χ0n) is 7.50. The van der Waals surface area contributed by atoms with Crippen LogP contribution in [-0.4, -0.2) is 18.8 Å². The average molecular weight is 166 g/mol. The van der Waals surface area contributed by atoms with Gasteiger partial charge in [0.05, 0.1) is 7.11 Å². The maximum absolute atomic E-state index is 8.81. The van der Waals surface area contributed by atoms with Gasteiger partial charge in [0, 0.05) is 6.61 Å². The molecule has 0 radical (unpaired) electrons. The lowest BCUT2D eigenvalue weighted by atomic mass is 10.1. The van der Waals surface area contributed by atoms with Gasteiger partial charge in [-0.2, -0.15) is 0 Å². The van der Waals surface area contributed by atoms with Crippen LogP contribution in [0.25, 0.3) is 0 Å². The van der Waals surface area contributed by atoms with E-state index in [2.05, 4.69) is 0 Å². The van der Waals surface area contributed by atoms with Gasteiger partial charge in [0.2, 0.25) is 0 Å². The molecule has 0 aliphatic heterocycles. The van der Waals surface area contributed by atoms with Crippen LogP contribution in [0.2, 0.25) is 0 Å². The Hall–Kier alpha value is -1.02. The molecule has 0 heterocycles. The molecule has 12 heavy (non-hydrogen) atoms. The van der Waals surface area contributed by atoms with Crippen LogP contribution in [0.4, 0.5) is 0 Å². The molecule has 1 rings (SSSR count). The molecular formula is C10H14O2. The first kappa shape index (κ1) is 9.07. The van der Waals surface area contributed by atoms with Gasteiger partial charge in [-0.15, -0.1) is 0 Å². The zero-order valence-corrected chi connectivity index (χ0v) is 7.50. The quantitative estimate of drug-likeness (QED) is 0.738. The van der Waals surface area contributed by atoms with E-state index in [1.807, 2.05) is 25.1 Å². The van der Waals surface area contributed by atoms with Crippen LogP contribution in [0.15, 0.2) is 18.2 Å². The summed E-state index contributed by atoms with van der Waals surface area (Å²) in [5, 5.41) is 8.81. The molecule has 0 amide bonds. The molecule has 0 atom stereocenters. The molecule has 2 nitrogen and oxygen atoms in total. The first-order chi connectivity index (χ1) is 5.79. The first-order valence-electron chi connectivity index (χ1n) is 4.03. The molecule has 0 unspecified atom stereocenters. The normalized spacial score (nSPS) is 9.92. The van der Waals surface area contributed by atoms with Crippen molar-refractivity contribution in [1.29, 1.82) is 0 Å². The van der Waals surface area contributed by atoms with Crippen LogP contribution in [0.3, 0.4) is 0 Å². The van der Waals surface area contributed by atoms with E-state index in [9.17, 15) is 0 Å². The summed E-state index contributed by atoms with van der Waals surface area (Å²) in [7, 11) is 1.65. The third-order valence-electron chi connectivity index (χ3n) is 1.95. The Morgan fingerprint density at radius 3 is 2.75 bits per heavy atom. The van der Waals surface area contributed by atoms with Crippen LogP contribution < -0.4 is 4.74 Å². The first-order valence-corrected chi connectivity index (χ1v) is 4.03. The second-order valence-electron chi connectivity index (χ2n) is 2.73. The summed E-state index contributed by atoms with van der Waals surface area (Å²) in [5.41, 5.74) is 2.27. The number of ether oxygens (including phenoxy) is 1. The fourth-order valence-electron chi connectivity index (χ4n) is 1.30. The second-order valence-corrected chi connectivity index (χ2v) is 2.73. The van der Waals surface area contributed by atoms with Crippen molar-refractivity contribution in [2.75, 3.05) is 13.7 Å². The number of hydrogen-bond acceptors (Lipinski definition) is 2. The predicted molar refractivity (Wildman–Crippen MR) is 48.5 cm³/mol. The fourth-order valence-corrected chi connectivity index (χ4v) is 1.30. The standard InChI is InChI=1S/C10H14O2/c1-8-4-3-5-10(12-2)9(8)6-7-11/h3-5,11H,6-7H2,1-2H3. The Morgan fingerprint density at radius 2 is 2.17 bits per heavy atom. The second kappa shape index (κ2) is 4.12. The molecule has 1 N–H and O–H groups in total. The zero-order chi connectivity index (χ0) is 8.97. The van der Waals surface area contributed by atoms with Gasteiger partial charge in [0.15, 0.2) is 0 Å². The highest BCUT2D eigenvalue weighted by molar-refractivity contribution is 5.39. The topological polar surface area (TPSA) is 29.5 Å². The summed E-state index contributed by atoms with van der Waals surface area (Å²) in [4.78, 5) is 0. The van der Waals surface area contributed by atoms with Gasteiger partial charge in [-0.3, -0.25) is 0 Å². The number of aliphatic hydroxyl groups excluding tert-OH is 1. The summed E-state index contributed by atoms with van der Waals surface area (Å²) < 4.78 is 5.17. The van der Waals surface area contributed by atoms with Gasteiger partial charge >= 0.3 is 0 Å². The lowest BCUT2D eigenvalue weighted by Crippen LogP contribution is -1.98. The van der Waals surface area contributed by atoms with E-state index in [-0.39, 0.29) is 6.61 Å². The molecule has 1 aromatic carbocycles. The van der Waals surface area contributed by atoms with Gasteiger partial charge in [0.1, 0.15) is 5.75 Å². The van der Waals surface area contributed by atoms with Crippen molar-refractivity contribution in [3.8, 4) is 5.75 Å². The van der Waals surface area contributed by atoms with Crippen LogP contribution in [0.1, 0.15) is 11.1 Å². The number of aryl methyl sites for hydroxylation is 1. The number of rotatable bonds is 3. The van der Waals surface area contributed by atoms with Crippen LogP contribution >= 0.6 is 0 Å². The molecule has 0 fully saturated rings. The summed E-state index contributed by atoms with van der Waals surface area (Å²) in [6.07, 6.45) is 0.663. The fraction of sp³-hybridized carbons (Fsp3) is 0.400. The molecular weight excluding hydrogens is 152 g/mol.